The van der Waals surface area contributed by atoms with E-state index in [4.69, 9.17) is 39.5 Å². The summed E-state index contributed by atoms with van der Waals surface area (Å²) in [6.45, 7) is 0.413. The molecule has 0 aliphatic heterocycles. The van der Waals surface area contributed by atoms with Gasteiger partial charge in [-0.15, -0.1) is 0 Å². The van der Waals surface area contributed by atoms with Crippen molar-refractivity contribution in [3.05, 3.63) is 63.2 Å². The van der Waals surface area contributed by atoms with Gasteiger partial charge in [-0.3, -0.25) is 5.10 Å². The standard InChI is InChI=1S/C17H13Cl3N2O/c1-23-9-15-16(10-2-4-11(18)5-3-10)17(22-21-15)13-7-6-12(19)8-14(13)20/h2-8H,9H2,1H3,(H,21,22). The van der Waals surface area contributed by atoms with Gasteiger partial charge >= 0.3 is 0 Å². The molecule has 0 saturated carbocycles. The Morgan fingerprint density at radius 1 is 1.00 bits per heavy atom. The first-order chi connectivity index (χ1) is 11.1. The van der Waals surface area contributed by atoms with Crippen molar-refractivity contribution in [2.24, 2.45) is 0 Å². The Morgan fingerprint density at radius 3 is 2.35 bits per heavy atom. The van der Waals surface area contributed by atoms with Gasteiger partial charge in [-0.2, -0.15) is 5.10 Å². The monoisotopic (exact) mass is 366 g/mol. The fraction of sp³-hybridized carbons (Fsp3) is 0.118. The predicted molar refractivity (Wildman–Crippen MR) is 95.2 cm³/mol. The number of ether oxygens (including phenoxy) is 1. The van der Waals surface area contributed by atoms with Crippen molar-refractivity contribution >= 4 is 34.8 Å². The third-order valence-electron chi connectivity index (χ3n) is 3.45. The van der Waals surface area contributed by atoms with E-state index >= 15 is 0 Å². The third-order valence-corrected chi connectivity index (χ3v) is 4.25. The molecule has 0 radical (unpaired) electrons. The number of nitrogens with one attached hydrogen (secondary N) is 1. The number of H-pyrrole nitrogens is 1. The van der Waals surface area contributed by atoms with Crippen LogP contribution in [0.2, 0.25) is 15.1 Å². The largest absolute Gasteiger partial charge is 0.378 e. The predicted octanol–water partition coefficient (Wildman–Crippen LogP) is 5.85. The van der Waals surface area contributed by atoms with Crippen LogP contribution in [0.25, 0.3) is 22.4 Å². The fourth-order valence-electron chi connectivity index (χ4n) is 2.43. The third kappa shape index (κ3) is 3.38. The Bertz CT molecular complexity index is 828. The van der Waals surface area contributed by atoms with E-state index in [0.29, 0.717) is 21.7 Å². The van der Waals surface area contributed by atoms with Gasteiger partial charge in [-0.1, -0.05) is 46.9 Å². The highest BCUT2D eigenvalue weighted by Gasteiger charge is 2.18. The Kier molecular flexibility index (Phi) is 4.93. The molecule has 0 saturated heterocycles. The molecule has 0 aliphatic carbocycles. The zero-order valence-electron chi connectivity index (χ0n) is 12.2. The molecule has 0 bridgehead atoms. The Morgan fingerprint density at radius 2 is 1.70 bits per heavy atom. The van der Waals surface area contributed by atoms with Crippen molar-refractivity contribution in [1.82, 2.24) is 10.2 Å². The molecular weight excluding hydrogens is 355 g/mol. The minimum Gasteiger partial charge on any atom is -0.378 e. The molecule has 0 unspecified atom stereocenters. The summed E-state index contributed by atoms with van der Waals surface area (Å²) in [5.74, 6) is 0. The number of aromatic nitrogens is 2. The van der Waals surface area contributed by atoms with Gasteiger partial charge in [0.2, 0.25) is 0 Å². The number of rotatable bonds is 4. The number of hydrogen-bond donors (Lipinski definition) is 1. The van der Waals surface area contributed by atoms with E-state index < -0.39 is 0 Å². The first kappa shape index (κ1) is 16.3. The van der Waals surface area contributed by atoms with Gasteiger partial charge in [0.25, 0.3) is 0 Å². The second kappa shape index (κ2) is 6.93. The van der Waals surface area contributed by atoms with Crippen LogP contribution < -0.4 is 0 Å². The zero-order chi connectivity index (χ0) is 16.4. The molecule has 3 rings (SSSR count). The van der Waals surface area contributed by atoms with Crippen molar-refractivity contribution in [2.75, 3.05) is 7.11 Å². The first-order valence-electron chi connectivity index (χ1n) is 6.87. The topological polar surface area (TPSA) is 37.9 Å². The Hall–Kier alpha value is -1.52. The minimum absolute atomic E-state index is 0.413. The lowest BCUT2D eigenvalue weighted by Gasteiger charge is -2.08. The van der Waals surface area contributed by atoms with Crippen LogP contribution in [-0.2, 0) is 11.3 Å². The van der Waals surface area contributed by atoms with Gasteiger partial charge in [-0.05, 0) is 35.9 Å². The lowest BCUT2D eigenvalue weighted by atomic mass is 9.99. The molecule has 2 aromatic carbocycles. The molecule has 0 atom stereocenters. The quantitative estimate of drug-likeness (QED) is 0.628. The van der Waals surface area contributed by atoms with E-state index in [1.165, 1.54) is 0 Å². The highest BCUT2D eigenvalue weighted by Crippen LogP contribution is 2.38. The molecular formula is C17H13Cl3N2O. The SMILES string of the molecule is COCc1[nH]nc(-c2ccc(Cl)cc2Cl)c1-c1ccc(Cl)cc1. The normalized spacial score (nSPS) is 11.0. The van der Waals surface area contributed by atoms with Crippen LogP contribution in [0.5, 0.6) is 0 Å². The van der Waals surface area contributed by atoms with Crippen LogP contribution in [0.15, 0.2) is 42.5 Å². The number of methoxy groups -OCH3 is 1. The summed E-state index contributed by atoms with van der Waals surface area (Å²) in [6.07, 6.45) is 0. The summed E-state index contributed by atoms with van der Waals surface area (Å²) in [6, 6.07) is 12.9. The van der Waals surface area contributed by atoms with Crippen LogP contribution in [0.1, 0.15) is 5.69 Å². The van der Waals surface area contributed by atoms with Gasteiger partial charge in [0.05, 0.1) is 17.3 Å². The van der Waals surface area contributed by atoms with Crippen molar-refractivity contribution in [3.8, 4) is 22.4 Å². The van der Waals surface area contributed by atoms with E-state index in [9.17, 15) is 0 Å². The molecule has 1 N–H and O–H groups in total. The fourth-order valence-corrected chi connectivity index (χ4v) is 3.05. The number of benzene rings is 2. The molecule has 3 nitrogen and oxygen atoms in total. The second-order valence-corrected chi connectivity index (χ2v) is 6.27. The summed E-state index contributed by atoms with van der Waals surface area (Å²) in [5.41, 5.74) is 4.35. The van der Waals surface area contributed by atoms with Crippen LogP contribution in [-0.4, -0.2) is 17.3 Å². The highest BCUT2D eigenvalue weighted by molar-refractivity contribution is 6.36. The average Bonchev–Trinajstić information content (AvgIpc) is 2.92. The maximum Gasteiger partial charge on any atom is 0.102 e. The average molecular weight is 368 g/mol. The molecule has 0 spiro atoms. The summed E-state index contributed by atoms with van der Waals surface area (Å²) in [4.78, 5) is 0. The van der Waals surface area contributed by atoms with E-state index in [1.807, 2.05) is 30.3 Å². The minimum atomic E-state index is 0.413. The van der Waals surface area contributed by atoms with Gasteiger partial charge < -0.3 is 4.74 Å². The van der Waals surface area contributed by atoms with Gasteiger partial charge in [0.15, 0.2) is 0 Å². The number of aromatic amines is 1. The summed E-state index contributed by atoms with van der Waals surface area (Å²) >= 11 is 18.3. The van der Waals surface area contributed by atoms with E-state index in [-0.39, 0.29) is 0 Å². The van der Waals surface area contributed by atoms with Crippen molar-refractivity contribution in [3.63, 3.8) is 0 Å². The van der Waals surface area contributed by atoms with Crippen LogP contribution in [0.4, 0.5) is 0 Å². The zero-order valence-corrected chi connectivity index (χ0v) is 14.5. The van der Waals surface area contributed by atoms with E-state index in [1.54, 1.807) is 19.2 Å². The molecule has 1 heterocycles. The van der Waals surface area contributed by atoms with Gasteiger partial charge in [-0.25, -0.2) is 0 Å². The summed E-state index contributed by atoms with van der Waals surface area (Å²) in [5, 5.41) is 9.26. The second-order valence-electron chi connectivity index (χ2n) is 4.99. The van der Waals surface area contributed by atoms with Crippen LogP contribution in [0.3, 0.4) is 0 Å². The number of halogens is 3. The molecule has 1 aromatic heterocycles. The number of hydrogen-bond acceptors (Lipinski definition) is 2. The molecule has 118 valence electrons. The van der Waals surface area contributed by atoms with E-state index in [2.05, 4.69) is 10.2 Å². The molecule has 0 aliphatic rings. The lowest BCUT2D eigenvalue weighted by molar-refractivity contribution is 0.182. The Balaban J connectivity index is 2.19. The van der Waals surface area contributed by atoms with Crippen molar-refractivity contribution in [2.45, 2.75) is 6.61 Å². The van der Waals surface area contributed by atoms with Crippen molar-refractivity contribution in [1.29, 1.82) is 0 Å². The summed E-state index contributed by atoms with van der Waals surface area (Å²) in [7, 11) is 1.64. The van der Waals surface area contributed by atoms with Gasteiger partial charge in [0.1, 0.15) is 5.69 Å². The maximum atomic E-state index is 6.34. The molecule has 0 fully saturated rings. The van der Waals surface area contributed by atoms with Gasteiger partial charge in [0, 0.05) is 28.3 Å². The smallest absolute Gasteiger partial charge is 0.102 e. The summed E-state index contributed by atoms with van der Waals surface area (Å²) < 4.78 is 5.26. The van der Waals surface area contributed by atoms with Crippen molar-refractivity contribution < 1.29 is 4.74 Å². The molecule has 23 heavy (non-hydrogen) atoms. The lowest BCUT2D eigenvalue weighted by Crippen LogP contribution is -1.91. The molecule has 0 amide bonds. The molecule has 6 heteroatoms. The highest BCUT2D eigenvalue weighted by atomic mass is 35.5. The Labute approximate surface area is 149 Å². The number of nitrogens with zero attached hydrogens (tertiary/aromatic N) is 1. The molecule has 3 aromatic rings. The first-order valence-corrected chi connectivity index (χ1v) is 8.01. The maximum absolute atomic E-state index is 6.34. The van der Waals surface area contributed by atoms with Crippen LogP contribution >= 0.6 is 34.8 Å². The van der Waals surface area contributed by atoms with Crippen LogP contribution in [0, 0.1) is 0 Å². The van der Waals surface area contributed by atoms with E-state index in [0.717, 1.165) is 28.1 Å².